The summed E-state index contributed by atoms with van der Waals surface area (Å²) in [6.45, 7) is 13.2. The molecule has 0 heterocycles. The number of carbonyl (C=O) groups excluding carboxylic acids is 3. The number of phenolic OH excluding ortho intramolecular Hbond substituents is 1. The number of nitrogens with zero attached hydrogens (tertiary/aromatic N) is 2. The van der Waals surface area contributed by atoms with Crippen LogP contribution in [0.1, 0.15) is 73.1 Å². The number of amides is 3. The molecule has 0 radical (unpaired) electrons. The molecule has 0 unspecified atom stereocenters. The Morgan fingerprint density at radius 3 is 2.17 bits per heavy atom. The number of nitrogens with one attached hydrogen (secondary N) is 1. The normalized spacial score (nSPS) is 11.2. The van der Waals surface area contributed by atoms with Crippen LogP contribution in [0.5, 0.6) is 5.75 Å². The van der Waals surface area contributed by atoms with E-state index in [2.05, 4.69) is 5.32 Å². The van der Waals surface area contributed by atoms with Crippen molar-refractivity contribution in [3.8, 4) is 5.75 Å². The first-order valence-electron chi connectivity index (χ1n) is 11.9. The SMILES string of the molecule is CCCC(=O)N(CC(=O)Nc1cc(C(=O)N(C)C)ccc1C(C)(C)C)c1c(C)cc(C)c(O)c1C. The first kappa shape index (κ1) is 27.9. The van der Waals surface area contributed by atoms with Crippen LogP contribution in [0.4, 0.5) is 11.4 Å². The van der Waals surface area contributed by atoms with Gasteiger partial charge in [-0.15, -0.1) is 0 Å². The third-order valence-corrected chi connectivity index (χ3v) is 5.98. The Kier molecular flexibility index (Phi) is 8.71. The maximum absolute atomic E-state index is 13.3. The monoisotopic (exact) mass is 481 g/mol. The third kappa shape index (κ3) is 6.41. The van der Waals surface area contributed by atoms with Gasteiger partial charge < -0.3 is 20.2 Å². The van der Waals surface area contributed by atoms with Crippen molar-refractivity contribution < 1.29 is 19.5 Å². The van der Waals surface area contributed by atoms with Crippen molar-refractivity contribution in [1.82, 2.24) is 4.90 Å². The topological polar surface area (TPSA) is 90.0 Å². The lowest BCUT2D eigenvalue weighted by atomic mass is 9.85. The van der Waals surface area contributed by atoms with Crippen molar-refractivity contribution in [2.75, 3.05) is 30.9 Å². The number of anilines is 2. The number of carbonyl (C=O) groups is 3. The minimum Gasteiger partial charge on any atom is -0.507 e. The molecule has 0 saturated carbocycles. The maximum atomic E-state index is 13.3. The van der Waals surface area contributed by atoms with Crippen molar-refractivity contribution in [1.29, 1.82) is 0 Å². The van der Waals surface area contributed by atoms with Gasteiger partial charge in [0.2, 0.25) is 11.8 Å². The molecule has 2 rings (SSSR count). The quantitative estimate of drug-likeness (QED) is 0.576. The molecule has 2 aromatic rings. The van der Waals surface area contributed by atoms with Gasteiger partial charge in [0.15, 0.2) is 0 Å². The number of aromatic hydroxyl groups is 1. The van der Waals surface area contributed by atoms with Gasteiger partial charge in [0.05, 0.1) is 5.69 Å². The molecule has 0 aliphatic carbocycles. The lowest BCUT2D eigenvalue weighted by Gasteiger charge is -2.28. The smallest absolute Gasteiger partial charge is 0.253 e. The number of rotatable bonds is 7. The standard InChI is InChI=1S/C28H39N3O4/c1-10-11-24(33)31(25-17(2)14-18(3)26(34)19(25)4)16-23(32)29-22-15-20(27(35)30(8)9)12-13-21(22)28(5,6)7/h12-15,34H,10-11,16H2,1-9H3,(H,29,32). The molecule has 2 aromatic carbocycles. The van der Waals surface area contributed by atoms with Crippen molar-refractivity contribution >= 4 is 29.1 Å². The van der Waals surface area contributed by atoms with E-state index >= 15 is 0 Å². The molecule has 0 spiro atoms. The maximum Gasteiger partial charge on any atom is 0.253 e. The van der Waals surface area contributed by atoms with Crippen LogP contribution in [0.25, 0.3) is 0 Å². The van der Waals surface area contributed by atoms with Crippen LogP contribution in [0, 0.1) is 20.8 Å². The van der Waals surface area contributed by atoms with Gasteiger partial charge in [-0.2, -0.15) is 0 Å². The molecule has 0 atom stereocenters. The Bertz CT molecular complexity index is 1130. The molecule has 7 nitrogen and oxygen atoms in total. The fourth-order valence-electron chi connectivity index (χ4n) is 4.25. The van der Waals surface area contributed by atoms with E-state index in [-0.39, 0.29) is 41.9 Å². The van der Waals surface area contributed by atoms with Crippen molar-refractivity contribution in [2.45, 2.75) is 66.7 Å². The predicted molar refractivity (Wildman–Crippen MR) is 141 cm³/mol. The van der Waals surface area contributed by atoms with Crippen LogP contribution >= 0.6 is 0 Å². The minimum atomic E-state index is -0.381. The molecular weight excluding hydrogens is 442 g/mol. The lowest BCUT2D eigenvalue weighted by Crippen LogP contribution is -2.39. The summed E-state index contributed by atoms with van der Waals surface area (Å²) in [4.78, 5) is 41.9. The van der Waals surface area contributed by atoms with Gasteiger partial charge in [-0.1, -0.05) is 39.8 Å². The number of aryl methyl sites for hydroxylation is 2. The highest BCUT2D eigenvalue weighted by atomic mass is 16.3. The molecular formula is C28H39N3O4. The van der Waals surface area contributed by atoms with Gasteiger partial charge in [-0.05, 0) is 61.4 Å². The highest BCUT2D eigenvalue weighted by Crippen LogP contribution is 2.35. The van der Waals surface area contributed by atoms with Crippen LogP contribution in [0.2, 0.25) is 0 Å². The fraction of sp³-hybridized carbons (Fsp3) is 0.464. The highest BCUT2D eigenvalue weighted by Gasteiger charge is 2.26. The van der Waals surface area contributed by atoms with E-state index in [9.17, 15) is 19.5 Å². The Morgan fingerprint density at radius 1 is 1.00 bits per heavy atom. The van der Waals surface area contributed by atoms with Gasteiger partial charge in [0.1, 0.15) is 12.3 Å². The summed E-state index contributed by atoms with van der Waals surface area (Å²) >= 11 is 0. The van der Waals surface area contributed by atoms with Crippen LogP contribution in [-0.2, 0) is 15.0 Å². The zero-order valence-electron chi connectivity index (χ0n) is 22.5. The predicted octanol–water partition coefficient (Wildman–Crippen LogP) is 5.09. The Balaban J connectivity index is 2.49. The summed E-state index contributed by atoms with van der Waals surface area (Å²) in [6, 6.07) is 7.12. The van der Waals surface area contributed by atoms with E-state index in [1.165, 1.54) is 9.80 Å². The zero-order chi connectivity index (χ0) is 26.7. The highest BCUT2D eigenvalue weighted by molar-refractivity contribution is 6.04. The Hall–Kier alpha value is -3.35. The summed E-state index contributed by atoms with van der Waals surface area (Å²) in [5.41, 5.74) is 4.24. The second-order valence-electron chi connectivity index (χ2n) is 10.3. The number of hydrogen-bond acceptors (Lipinski definition) is 4. The second-order valence-corrected chi connectivity index (χ2v) is 10.3. The summed E-state index contributed by atoms with van der Waals surface area (Å²) < 4.78 is 0. The molecule has 0 aliphatic rings. The van der Waals surface area contributed by atoms with E-state index < -0.39 is 0 Å². The molecule has 0 aliphatic heterocycles. The van der Waals surface area contributed by atoms with E-state index in [1.54, 1.807) is 40.1 Å². The van der Waals surface area contributed by atoms with Gasteiger partial charge in [0, 0.05) is 37.3 Å². The summed E-state index contributed by atoms with van der Waals surface area (Å²) in [7, 11) is 3.36. The van der Waals surface area contributed by atoms with Crippen LogP contribution < -0.4 is 10.2 Å². The molecule has 0 saturated heterocycles. The average molecular weight is 482 g/mol. The zero-order valence-corrected chi connectivity index (χ0v) is 22.5. The molecule has 0 fully saturated rings. The van der Waals surface area contributed by atoms with Gasteiger partial charge in [-0.3, -0.25) is 14.4 Å². The van der Waals surface area contributed by atoms with Crippen LogP contribution in [-0.4, -0.2) is 48.4 Å². The Morgan fingerprint density at radius 2 is 1.63 bits per heavy atom. The van der Waals surface area contributed by atoms with Gasteiger partial charge in [-0.25, -0.2) is 0 Å². The van der Waals surface area contributed by atoms with E-state index in [4.69, 9.17) is 0 Å². The Labute approximate surface area is 209 Å². The minimum absolute atomic E-state index is 0.116. The molecule has 0 aromatic heterocycles. The first-order chi connectivity index (χ1) is 16.2. The van der Waals surface area contributed by atoms with E-state index in [0.717, 1.165) is 11.1 Å². The molecule has 190 valence electrons. The number of benzene rings is 2. The molecule has 2 N–H and O–H groups in total. The first-order valence-corrected chi connectivity index (χ1v) is 11.9. The van der Waals surface area contributed by atoms with E-state index in [0.29, 0.717) is 34.5 Å². The summed E-state index contributed by atoms with van der Waals surface area (Å²) in [6.07, 6.45) is 0.913. The van der Waals surface area contributed by atoms with Crippen molar-refractivity contribution in [3.63, 3.8) is 0 Å². The second kappa shape index (κ2) is 10.9. The molecule has 35 heavy (non-hydrogen) atoms. The summed E-state index contributed by atoms with van der Waals surface area (Å²) in [5, 5.41) is 13.5. The third-order valence-electron chi connectivity index (χ3n) is 5.98. The average Bonchev–Trinajstić information content (AvgIpc) is 2.75. The largest absolute Gasteiger partial charge is 0.507 e. The van der Waals surface area contributed by atoms with Gasteiger partial charge in [0.25, 0.3) is 5.91 Å². The number of hydrogen-bond donors (Lipinski definition) is 2. The number of phenols is 1. The molecule has 3 amide bonds. The van der Waals surface area contributed by atoms with Gasteiger partial charge >= 0.3 is 0 Å². The van der Waals surface area contributed by atoms with E-state index in [1.807, 2.05) is 46.8 Å². The van der Waals surface area contributed by atoms with Crippen LogP contribution in [0.3, 0.4) is 0 Å². The fourth-order valence-corrected chi connectivity index (χ4v) is 4.25. The molecule has 0 bridgehead atoms. The molecule has 7 heteroatoms. The van der Waals surface area contributed by atoms with Crippen molar-refractivity contribution in [3.05, 3.63) is 52.1 Å². The lowest BCUT2D eigenvalue weighted by molar-refractivity contribution is -0.121. The van der Waals surface area contributed by atoms with Crippen molar-refractivity contribution in [2.24, 2.45) is 0 Å². The van der Waals surface area contributed by atoms with Crippen LogP contribution in [0.15, 0.2) is 24.3 Å². The summed E-state index contributed by atoms with van der Waals surface area (Å²) in [5.74, 6) is -0.620.